The summed E-state index contributed by atoms with van der Waals surface area (Å²) in [7, 11) is 0. The van der Waals surface area contributed by atoms with Crippen molar-refractivity contribution in [3.05, 3.63) is 65.7 Å². The minimum Gasteiger partial charge on any atom is -0.435 e. The first-order valence-corrected chi connectivity index (χ1v) is 11.2. The lowest BCUT2D eigenvalue weighted by atomic mass is 10.1. The van der Waals surface area contributed by atoms with Gasteiger partial charge in [-0.3, -0.25) is 9.47 Å². The van der Waals surface area contributed by atoms with Crippen molar-refractivity contribution < 1.29 is 17.9 Å². The molecule has 0 N–H and O–H groups in total. The fourth-order valence-corrected chi connectivity index (χ4v) is 4.60. The molecule has 0 atom stereocenters. The number of halogens is 3. The second-order valence-electron chi connectivity index (χ2n) is 7.32. The number of piperidine rings is 1. The van der Waals surface area contributed by atoms with E-state index in [-0.39, 0.29) is 11.6 Å². The standard InChI is InChI=1S/C22H23F3N4OS/c23-17-8-10-18(11-9-17)29-20(14-28-12-4-1-5-13-28)26-27-22(29)31-15-16-6-2-3-7-19(16)30-21(24)25/h2-3,6-11,21H,1,4-5,12-15H2. The summed E-state index contributed by atoms with van der Waals surface area (Å²) in [6, 6.07) is 12.9. The Morgan fingerprint density at radius 1 is 0.968 bits per heavy atom. The molecule has 1 aromatic heterocycles. The summed E-state index contributed by atoms with van der Waals surface area (Å²) in [5.74, 6) is 0.979. The van der Waals surface area contributed by atoms with Crippen LogP contribution in [-0.4, -0.2) is 39.4 Å². The maximum absolute atomic E-state index is 13.5. The van der Waals surface area contributed by atoms with Crippen molar-refractivity contribution in [3.63, 3.8) is 0 Å². The average Bonchev–Trinajstić information content (AvgIpc) is 3.16. The van der Waals surface area contributed by atoms with Crippen molar-refractivity contribution in [2.75, 3.05) is 13.1 Å². The van der Waals surface area contributed by atoms with Crippen LogP contribution in [0.1, 0.15) is 30.7 Å². The van der Waals surface area contributed by atoms with Gasteiger partial charge >= 0.3 is 6.61 Å². The molecule has 4 rings (SSSR count). The Labute approximate surface area is 183 Å². The molecule has 0 amide bonds. The lowest BCUT2D eigenvalue weighted by Gasteiger charge is -2.26. The zero-order chi connectivity index (χ0) is 21.6. The normalized spacial score (nSPS) is 14.8. The lowest BCUT2D eigenvalue weighted by Crippen LogP contribution is -2.30. The third-order valence-electron chi connectivity index (χ3n) is 5.14. The Kier molecular flexibility index (Phi) is 7.14. The average molecular weight is 449 g/mol. The number of nitrogens with zero attached hydrogens (tertiary/aromatic N) is 4. The number of benzene rings is 2. The van der Waals surface area contributed by atoms with E-state index in [2.05, 4.69) is 19.8 Å². The van der Waals surface area contributed by atoms with Crippen molar-refractivity contribution in [1.29, 1.82) is 0 Å². The zero-order valence-corrected chi connectivity index (χ0v) is 17.7. The summed E-state index contributed by atoms with van der Waals surface area (Å²) in [5, 5.41) is 9.37. The molecule has 0 saturated carbocycles. The molecule has 1 saturated heterocycles. The summed E-state index contributed by atoms with van der Waals surface area (Å²) in [6.45, 7) is -0.213. The molecule has 1 fully saturated rings. The number of aromatic nitrogens is 3. The number of likely N-dealkylation sites (tertiary alicyclic amines) is 1. The largest absolute Gasteiger partial charge is 0.435 e. The zero-order valence-electron chi connectivity index (χ0n) is 16.9. The van der Waals surface area contributed by atoms with Gasteiger partial charge in [-0.1, -0.05) is 36.4 Å². The SMILES string of the molecule is Fc1ccc(-n2c(CN3CCCCC3)nnc2SCc2ccccc2OC(F)F)cc1. The molecule has 0 radical (unpaired) electrons. The Bertz CT molecular complexity index is 991. The van der Waals surface area contributed by atoms with E-state index in [1.54, 1.807) is 30.3 Å². The number of hydrogen-bond donors (Lipinski definition) is 0. The van der Waals surface area contributed by atoms with E-state index >= 15 is 0 Å². The number of ether oxygens (including phenoxy) is 1. The Morgan fingerprint density at radius 3 is 2.45 bits per heavy atom. The van der Waals surface area contributed by atoms with Crippen molar-refractivity contribution in [2.45, 2.75) is 43.3 Å². The van der Waals surface area contributed by atoms with Gasteiger partial charge in [0.05, 0.1) is 6.54 Å². The van der Waals surface area contributed by atoms with E-state index in [0.29, 0.717) is 23.0 Å². The monoisotopic (exact) mass is 448 g/mol. The molecule has 0 aliphatic carbocycles. The van der Waals surface area contributed by atoms with Gasteiger partial charge in [0.2, 0.25) is 0 Å². The van der Waals surface area contributed by atoms with Crippen LogP contribution in [0.3, 0.4) is 0 Å². The number of rotatable bonds is 8. The highest BCUT2D eigenvalue weighted by atomic mass is 32.2. The van der Waals surface area contributed by atoms with Crippen LogP contribution in [0.5, 0.6) is 5.75 Å². The second-order valence-corrected chi connectivity index (χ2v) is 8.26. The third kappa shape index (κ3) is 5.59. The molecule has 9 heteroatoms. The second kappa shape index (κ2) is 10.2. The molecule has 3 aromatic rings. The topological polar surface area (TPSA) is 43.2 Å². The highest BCUT2D eigenvalue weighted by Crippen LogP contribution is 2.30. The van der Waals surface area contributed by atoms with Crippen molar-refractivity contribution in [3.8, 4) is 11.4 Å². The maximum atomic E-state index is 13.5. The summed E-state index contributed by atoms with van der Waals surface area (Å²) in [6.07, 6.45) is 3.56. The first-order valence-electron chi connectivity index (χ1n) is 10.2. The van der Waals surface area contributed by atoms with Crippen LogP contribution in [0.2, 0.25) is 0 Å². The molecule has 1 aliphatic heterocycles. The molecule has 2 heterocycles. The lowest BCUT2D eigenvalue weighted by molar-refractivity contribution is -0.0503. The van der Waals surface area contributed by atoms with E-state index in [1.165, 1.54) is 36.4 Å². The summed E-state index contributed by atoms with van der Waals surface area (Å²) < 4.78 is 45.5. The van der Waals surface area contributed by atoms with Gasteiger partial charge in [-0.2, -0.15) is 8.78 Å². The van der Waals surface area contributed by atoms with E-state index < -0.39 is 6.61 Å². The fraction of sp³-hybridized carbons (Fsp3) is 0.364. The van der Waals surface area contributed by atoms with Gasteiger partial charge in [0.1, 0.15) is 11.6 Å². The minimum absolute atomic E-state index is 0.145. The Balaban J connectivity index is 1.59. The molecule has 5 nitrogen and oxygen atoms in total. The van der Waals surface area contributed by atoms with Crippen LogP contribution in [-0.2, 0) is 12.3 Å². The molecule has 0 spiro atoms. The molecule has 2 aromatic carbocycles. The number of thioether (sulfide) groups is 1. The third-order valence-corrected chi connectivity index (χ3v) is 6.12. The van der Waals surface area contributed by atoms with Crippen LogP contribution in [0.4, 0.5) is 13.2 Å². The van der Waals surface area contributed by atoms with Crippen LogP contribution in [0.25, 0.3) is 5.69 Å². The van der Waals surface area contributed by atoms with Crippen LogP contribution >= 0.6 is 11.8 Å². The molecule has 1 aliphatic rings. The van der Waals surface area contributed by atoms with Crippen LogP contribution in [0, 0.1) is 5.82 Å². The van der Waals surface area contributed by atoms with Crippen LogP contribution in [0.15, 0.2) is 53.7 Å². The summed E-state index contributed by atoms with van der Waals surface area (Å²) >= 11 is 1.38. The molecule has 164 valence electrons. The van der Waals surface area contributed by atoms with Gasteiger partial charge in [-0.25, -0.2) is 4.39 Å². The van der Waals surface area contributed by atoms with Gasteiger partial charge in [0.15, 0.2) is 11.0 Å². The number of para-hydroxylation sites is 1. The van der Waals surface area contributed by atoms with Gasteiger partial charge in [-0.05, 0) is 56.3 Å². The van der Waals surface area contributed by atoms with Crippen molar-refractivity contribution in [1.82, 2.24) is 19.7 Å². The minimum atomic E-state index is -2.88. The van der Waals surface area contributed by atoms with Gasteiger partial charge < -0.3 is 4.74 Å². The highest BCUT2D eigenvalue weighted by Gasteiger charge is 2.19. The Hall–Kier alpha value is -2.52. The number of hydrogen-bond acceptors (Lipinski definition) is 5. The molecule has 0 bridgehead atoms. The fourth-order valence-electron chi connectivity index (χ4n) is 3.64. The molecule has 0 unspecified atom stereocenters. The molecular weight excluding hydrogens is 425 g/mol. The van der Waals surface area contributed by atoms with E-state index in [0.717, 1.165) is 37.4 Å². The smallest absolute Gasteiger partial charge is 0.387 e. The predicted molar refractivity (Wildman–Crippen MR) is 113 cm³/mol. The van der Waals surface area contributed by atoms with E-state index in [4.69, 9.17) is 0 Å². The Morgan fingerprint density at radius 2 is 1.71 bits per heavy atom. The van der Waals surface area contributed by atoms with Gasteiger partial charge in [0, 0.05) is 17.0 Å². The molecule has 31 heavy (non-hydrogen) atoms. The highest BCUT2D eigenvalue weighted by molar-refractivity contribution is 7.98. The first kappa shape index (κ1) is 21.7. The maximum Gasteiger partial charge on any atom is 0.387 e. The molecular formula is C22H23F3N4OS. The van der Waals surface area contributed by atoms with Crippen molar-refractivity contribution in [2.24, 2.45) is 0 Å². The van der Waals surface area contributed by atoms with Crippen molar-refractivity contribution >= 4 is 11.8 Å². The van der Waals surface area contributed by atoms with E-state index in [1.807, 2.05) is 4.57 Å². The summed E-state index contributed by atoms with van der Waals surface area (Å²) in [4.78, 5) is 2.34. The quantitative estimate of drug-likeness (QED) is 0.439. The predicted octanol–water partition coefficient (Wildman–Crippen LogP) is 5.29. The van der Waals surface area contributed by atoms with Gasteiger partial charge in [0.25, 0.3) is 0 Å². The number of alkyl halides is 2. The first-order chi connectivity index (χ1) is 15.1. The summed E-state index contributed by atoms with van der Waals surface area (Å²) in [5.41, 5.74) is 1.40. The van der Waals surface area contributed by atoms with Gasteiger partial charge in [-0.15, -0.1) is 10.2 Å². The van der Waals surface area contributed by atoms with E-state index in [9.17, 15) is 13.2 Å². The van der Waals surface area contributed by atoms with Crippen LogP contribution < -0.4 is 4.74 Å².